The third-order valence-electron chi connectivity index (χ3n) is 4.08. The Hall–Kier alpha value is -1.44. The van der Waals surface area contributed by atoms with E-state index in [-0.39, 0.29) is 6.42 Å². The summed E-state index contributed by atoms with van der Waals surface area (Å²) < 4.78 is 172. The second kappa shape index (κ2) is 7.67. The van der Waals surface area contributed by atoms with Crippen molar-refractivity contribution in [2.75, 3.05) is 6.61 Å². The fraction of sp³-hybridized carbons (Fsp3) is 0.929. The molecule has 0 bridgehead atoms. The first-order valence-electron chi connectivity index (χ1n) is 7.57. The highest BCUT2D eigenvalue weighted by molar-refractivity contribution is 5.75. The molecular formula is C14H15F13O2. The molecule has 174 valence electrons. The Bertz CT molecular complexity index is 593. The Kier molecular flexibility index (Phi) is 7.29. The number of esters is 1. The van der Waals surface area contributed by atoms with Gasteiger partial charge in [0, 0.05) is 0 Å². The van der Waals surface area contributed by atoms with Crippen LogP contribution in [0.1, 0.15) is 33.6 Å². The van der Waals surface area contributed by atoms with E-state index in [4.69, 9.17) is 0 Å². The van der Waals surface area contributed by atoms with E-state index in [0.717, 1.165) is 0 Å². The van der Waals surface area contributed by atoms with Crippen molar-refractivity contribution in [1.29, 1.82) is 0 Å². The second-order valence-electron chi connectivity index (χ2n) is 6.62. The smallest absolute Gasteiger partial charge is 0.460 e. The van der Waals surface area contributed by atoms with E-state index in [1.807, 2.05) is 0 Å². The quantitative estimate of drug-likeness (QED) is 0.306. The molecule has 0 aliphatic heterocycles. The SMILES string of the molecule is CCC(C)(C)C(=O)OCCC(F)(F)C(F)(F)C(F)(F)C(F)(F)C(F)(F)C(F)(F)F. The minimum atomic E-state index is -7.94. The summed E-state index contributed by atoms with van der Waals surface area (Å²) in [6.45, 7) is 2.13. The summed E-state index contributed by atoms with van der Waals surface area (Å²) in [4.78, 5) is 11.5. The van der Waals surface area contributed by atoms with Crippen LogP contribution < -0.4 is 0 Å². The number of hydrogen-bond acceptors (Lipinski definition) is 2. The molecule has 0 aromatic rings. The van der Waals surface area contributed by atoms with E-state index in [9.17, 15) is 61.9 Å². The average Bonchev–Trinajstić information content (AvgIpc) is 2.52. The first-order valence-corrected chi connectivity index (χ1v) is 7.57. The Balaban J connectivity index is 5.74. The topological polar surface area (TPSA) is 26.3 Å². The van der Waals surface area contributed by atoms with Crippen LogP contribution in [0.2, 0.25) is 0 Å². The van der Waals surface area contributed by atoms with E-state index in [1.165, 1.54) is 20.8 Å². The van der Waals surface area contributed by atoms with Gasteiger partial charge in [-0.15, -0.1) is 0 Å². The van der Waals surface area contributed by atoms with Crippen LogP contribution in [-0.2, 0) is 9.53 Å². The van der Waals surface area contributed by atoms with E-state index in [2.05, 4.69) is 4.74 Å². The van der Waals surface area contributed by atoms with Gasteiger partial charge in [0.15, 0.2) is 0 Å². The summed E-state index contributed by atoms with van der Waals surface area (Å²) in [5, 5.41) is 0. The molecule has 0 saturated carbocycles. The zero-order valence-electron chi connectivity index (χ0n) is 14.9. The van der Waals surface area contributed by atoms with Gasteiger partial charge >= 0.3 is 41.8 Å². The lowest BCUT2D eigenvalue weighted by atomic mass is 9.90. The van der Waals surface area contributed by atoms with Gasteiger partial charge in [-0.2, -0.15) is 57.1 Å². The molecule has 0 aromatic heterocycles. The number of hydrogen-bond donors (Lipinski definition) is 0. The summed E-state index contributed by atoms with van der Waals surface area (Å²) in [7, 11) is 0. The molecule has 0 spiro atoms. The maximum atomic E-state index is 13.5. The van der Waals surface area contributed by atoms with Crippen molar-refractivity contribution in [2.24, 2.45) is 5.41 Å². The summed E-state index contributed by atoms with van der Waals surface area (Å²) >= 11 is 0. The lowest BCUT2D eigenvalue weighted by Crippen LogP contribution is -2.70. The Morgan fingerprint density at radius 3 is 1.41 bits per heavy atom. The molecule has 0 amide bonds. The number of ether oxygens (including phenoxy) is 1. The normalized spacial score (nSPS) is 15.4. The van der Waals surface area contributed by atoms with Gasteiger partial charge in [0.25, 0.3) is 0 Å². The van der Waals surface area contributed by atoms with Crippen molar-refractivity contribution >= 4 is 5.97 Å². The largest absolute Gasteiger partial charge is 0.465 e. The Morgan fingerprint density at radius 1 is 0.690 bits per heavy atom. The van der Waals surface area contributed by atoms with Crippen LogP contribution in [0.5, 0.6) is 0 Å². The van der Waals surface area contributed by atoms with Crippen LogP contribution in [0.25, 0.3) is 0 Å². The summed E-state index contributed by atoms with van der Waals surface area (Å²) in [5.41, 5.74) is -1.33. The minimum Gasteiger partial charge on any atom is -0.465 e. The van der Waals surface area contributed by atoms with E-state index in [1.54, 1.807) is 0 Å². The molecular weight excluding hydrogens is 447 g/mol. The zero-order valence-corrected chi connectivity index (χ0v) is 14.9. The minimum absolute atomic E-state index is 0.0508. The molecule has 0 rings (SSSR count). The summed E-state index contributed by atoms with van der Waals surface area (Å²) in [6, 6.07) is 0. The standard InChI is InChI=1S/C14H15F13O2/c1-4-8(2,3)7(28)29-6-5-9(15,16)10(17,18)11(19,20)12(21,22)13(23,24)14(25,26)27/h4-6H2,1-3H3. The lowest BCUT2D eigenvalue weighted by molar-refractivity contribution is -0.440. The predicted molar refractivity (Wildman–Crippen MR) is 70.4 cm³/mol. The third-order valence-corrected chi connectivity index (χ3v) is 4.08. The predicted octanol–water partition coefficient (Wildman–Crippen LogP) is 6.09. The van der Waals surface area contributed by atoms with Gasteiger partial charge in [-0.3, -0.25) is 4.79 Å². The molecule has 0 unspecified atom stereocenters. The molecule has 0 fully saturated rings. The Morgan fingerprint density at radius 2 is 1.07 bits per heavy atom. The molecule has 15 heteroatoms. The van der Waals surface area contributed by atoms with Crippen molar-refractivity contribution < 1.29 is 66.6 Å². The molecule has 0 N–H and O–H groups in total. The number of rotatable bonds is 9. The van der Waals surface area contributed by atoms with Crippen LogP contribution in [0, 0.1) is 5.41 Å². The van der Waals surface area contributed by atoms with E-state index in [0.29, 0.717) is 0 Å². The highest BCUT2D eigenvalue weighted by atomic mass is 19.4. The van der Waals surface area contributed by atoms with Crippen molar-refractivity contribution in [2.45, 2.75) is 69.4 Å². The van der Waals surface area contributed by atoms with E-state index >= 15 is 0 Å². The fourth-order valence-corrected chi connectivity index (χ4v) is 1.57. The highest BCUT2D eigenvalue weighted by Crippen LogP contribution is 2.60. The van der Waals surface area contributed by atoms with Gasteiger partial charge < -0.3 is 4.74 Å². The molecule has 0 saturated heterocycles. The van der Waals surface area contributed by atoms with Crippen LogP contribution >= 0.6 is 0 Å². The van der Waals surface area contributed by atoms with Crippen LogP contribution in [-0.4, -0.2) is 48.4 Å². The van der Waals surface area contributed by atoms with Crippen molar-refractivity contribution in [3.8, 4) is 0 Å². The zero-order chi connectivity index (χ0) is 23.9. The molecule has 0 aliphatic rings. The number of alkyl halides is 13. The molecule has 0 heterocycles. The van der Waals surface area contributed by atoms with Crippen molar-refractivity contribution in [1.82, 2.24) is 0 Å². The van der Waals surface area contributed by atoms with Crippen molar-refractivity contribution in [3.63, 3.8) is 0 Å². The molecule has 29 heavy (non-hydrogen) atoms. The second-order valence-corrected chi connectivity index (χ2v) is 6.62. The number of carbonyl (C=O) groups is 1. The van der Waals surface area contributed by atoms with Gasteiger partial charge in [0.1, 0.15) is 0 Å². The number of halogens is 13. The van der Waals surface area contributed by atoms with Crippen LogP contribution in [0.3, 0.4) is 0 Å². The molecule has 2 nitrogen and oxygen atoms in total. The fourth-order valence-electron chi connectivity index (χ4n) is 1.57. The van der Waals surface area contributed by atoms with Gasteiger partial charge in [-0.05, 0) is 20.3 Å². The highest BCUT2D eigenvalue weighted by Gasteiger charge is 2.90. The van der Waals surface area contributed by atoms with Gasteiger partial charge in [0.05, 0.1) is 18.4 Å². The molecule has 0 radical (unpaired) electrons. The third kappa shape index (κ3) is 4.52. The van der Waals surface area contributed by atoms with Crippen LogP contribution in [0.4, 0.5) is 57.1 Å². The maximum Gasteiger partial charge on any atom is 0.460 e. The number of carbonyl (C=O) groups excluding carboxylic acids is 1. The molecule has 0 aliphatic carbocycles. The summed E-state index contributed by atoms with van der Waals surface area (Å²) in [6.07, 6.45) is -9.96. The van der Waals surface area contributed by atoms with Crippen molar-refractivity contribution in [3.05, 3.63) is 0 Å². The Labute approximate surface area is 155 Å². The van der Waals surface area contributed by atoms with Gasteiger partial charge in [-0.1, -0.05) is 6.92 Å². The summed E-state index contributed by atoms with van der Waals surface area (Å²) in [5.74, 6) is -38.4. The molecule has 0 aromatic carbocycles. The monoisotopic (exact) mass is 462 g/mol. The lowest BCUT2D eigenvalue weighted by Gasteiger charge is -2.39. The average molecular weight is 462 g/mol. The first-order chi connectivity index (χ1) is 12.4. The van der Waals surface area contributed by atoms with E-state index < -0.39 is 60.2 Å². The van der Waals surface area contributed by atoms with Gasteiger partial charge in [0.2, 0.25) is 0 Å². The van der Waals surface area contributed by atoms with Crippen LogP contribution in [0.15, 0.2) is 0 Å². The maximum absolute atomic E-state index is 13.5. The first kappa shape index (κ1) is 27.6. The van der Waals surface area contributed by atoms with Gasteiger partial charge in [-0.25, -0.2) is 0 Å². The molecule has 0 atom stereocenters.